The zero-order valence-electron chi connectivity index (χ0n) is 24.0. The molecule has 5 aromatic rings. The van der Waals surface area contributed by atoms with E-state index in [2.05, 4.69) is 66.8 Å². The number of hydrogen-bond acceptors (Lipinski definition) is 7. The smallest absolute Gasteiger partial charge is 0.406 e. The number of benzene rings is 3. The first-order valence-electron chi connectivity index (χ1n) is 14.2. The normalized spacial score (nSPS) is 14.7. The number of aryl methyl sites for hydroxylation is 1. The van der Waals surface area contributed by atoms with Crippen LogP contribution < -0.4 is 19.7 Å². The van der Waals surface area contributed by atoms with Crippen LogP contribution in [0, 0.1) is 13.8 Å². The van der Waals surface area contributed by atoms with E-state index in [1.54, 1.807) is 6.07 Å². The van der Waals surface area contributed by atoms with E-state index in [0.29, 0.717) is 18.1 Å². The van der Waals surface area contributed by atoms with Crippen molar-refractivity contribution in [3.63, 3.8) is 0 Å². The van der Waals surface area contributed by atoms with Crippen molar-refractivity contribution in [1.82, 2.24) is 9.72 Å². The number of aromatic nitrogens is 2. The van der Waals surface area contributed by atoms with E-state index in [-0.39, 0.29) is 11.9 Å². The fourth-order valence-corrected chi connectivity index (χ4v) is 6.26. The van der Waals surface area contributed by atoms with E-state index in [1.807, 2.05) is 38.1 Å². The fraction of sp³-hybridized carbons (Fsp3) is 0.281. The number of para-hydroxylation sites is 2. The Hall–Kier alpha value is -4.25. The Balaban J connectivity index is 1.34. The SMILES string of the molecule is CCCCC1Nc2cc(OC(F)(F)F)ccc2N1Cc1cn(-c2ccccc2SNc2noc(C)c2C)c2ccccc12. The maximum Gasteiger partial charge on any atom is 0.573 e. The highest BCUT2D eigenvalue weighted by Gasteiger charge is 2.34. The van der Waals surface area contributed by atoms with Gasteiger partial charge in [-0.15, -0.1) is 13.2 Å². The molecular formula is C32H32F3N5O2S. The van der Waals surface area contributed by atoms with Gasteiger partial charge in [0.1, 0.15) is 11.5 Å². The van der Waals surface area contributed by atoms with Crippen LogP contribution in [0.15, 0.2) is 82.3 Å². The number of halogens is 3. The number of nitrogens with zero attached hydrogens (tertiary/aromatic N) is 3. The monoisotopic (exact) mass is 607 g/mol. The van der Waals surface area contributed by atoms with Crippen molar-refractivity contribution in [1.29, 1.82) is 0 Å². The van der Waals surface area contributed by atoms with Crippen LogP contribution in [0.2, 0.25) is 0 Å². The Morgan fingerprint density at radius 1 is 1.05 bits per heavy atom. The van der Waals surface area contributed by atoms with E-state index in [0.717, 1.165) is 63.3 Å². The molecule has 1 aliphatic heterocycles. The summed E-state index contributed by atoms with van der Waals surface area (Å²) in [6.07, 6.45) is 0.210. The van der Waals surface area contributed by atoms with Gasteiger partial charge in [0.05, 0.1) is 33.6 Å². The lowest BCUT2D eigenvalue weighted by atomic mass is 10.1. The summed E-state index contributed by atoms with van der Waals surface area (Å²) < 4.78 is 53.7. The number of unbranched alkanes of at least 4 members (excludes halogenated alkanes) is 1. The summed E-state index contributed by atoms with van der Waals surface area (Å²) in [6, 6.07) is 21.0. The van der Waals surface area contributed by atoms with Crippen LogP contribution in [0.5, 0.6) is 5.75 Å². The van der Waals surface area contributed by atoms with Crippen molar-refractivity contribution in [3.8, 4) is 11.4 Å². The molecule has 6 rings (SSSR count). The third-order valence-electron chi connectivity index (χ3n) is 7.72. The number of rotatable bonds is 10. The van der Waals surface area contributed by atoms with E-state index >= 15 is 0 Å². The Labute approximate surface area is 252 Å². The molecule has 224 valence electrons. The molecule has 2 aromatic heterocycles. The first-order valence-corrected chi connectivity index (χ1v) is 15.0. The van der Waals surface area contributed by atoms with Gasteiger partial charge in [-0.05, 0) is 74.5 Å². The fourth-order valence-electron chi connectivity index (χ4n) is 5.44. The van der Waals surface area contributed by atoms with Gasteiger partial charge < -0.3 is 28.8 Å². The van der Waals surface area contributed by atoms with Crippen LogP contribution in [-0.2, 0) is 6.54 Å². The molecule has 11 heteroatoms. The van der Waals surface area contributed by atoms with Gasteiger partial charge >= 0.3 is 6.36 Å². The van der Waals surface area contributed by atoms with Gasteiger partial charge in [0, 0.05) is 29.8 Å². The topological polar surface area (TPSA) is 67.5 Å². The molecule has 7 nitrogen and oxygen atoms in total. The predicted molar refractivity (Wildman–Crippen MR) is 165 cm³/mol. The van der Waals surface area contributed by atoms with Crippen LogP contribution in [-0.4, -0.2) is 22.3 Å². The molecule has 43 heavy (non-hydrogen) atoms. The second kappa shape index (κ2) is 11.8. The Kier molecular flexibility index (Phi) is 7.91. The van der Waals surface area contributed by atoms with Crippen molar-refractivity contribution in [2.45, 2.75) is 64.0 Å². The summed E-state index contributed by atoms with van der Waals surface area (Å²) in [6.45, 7) is 6.56. The summed E-state index contributed by atoms with van der Waals surface area (Å²) in [5, 5.41) is 8.68. The summed E-state index contributed by atoms with van der Waals surface area (Å²) in [4.78, 5) is 3.26. The van der Waals surface area contributed by atoms with Crippen LogP contribution >= 0.6 is 11.9 Å². The van der Waals surface area contributed by atoms with E-state index < -0.39 is 6.36 Å². The number of anilines is 3. The first-order chi connectivity index (χ1) is 20.7. The molecule has 0 aliphatic carbocycles. The molecule has 0 saturated carbocycles. The van der Waals surface area contributed by atoms with Crippen molar-refractivity contribution in [3.05, 3.63) is 89.8 Å². The average molecular weight is 608 g/mol. The van der Waals surface area contributed by atoms with Crippen LogP contribution in [0.1, 0.15) is 43.1 Å². The Bertz CT molecular complexity index is 1750. The Morgan fingerprint density at radius 3 is 2.60 bits per heavy atom. The van der Waals surface area contributed by atoms with Gasteiger partial charge in [-0.3, -0.25) is 0 Å². The lowest BCUT2D eigenvalue weighted by Crippen LogP contribution is -2.35. The number of hydrogen-bond donors (Lipinski definition) is 2. The van der Waals surface area contributed by atoms with Crippen LogP contribution in [0.25, 0.3) is 16.6 Å². The van der Waals surface area contributed by atoms with Crippen LogP contribution in [0.4, 0.5) is 30.4 Å². The highest BCUT2D eigenvalue weighted by Crippen LogP contribution is 2.42. The molecule has 3 aromatic carbocycles. The van der Waals surface area contributed by atoms with Gasteiger partial charge in [-0.2, -0.15) is 0 Å². The maximum atomic E-state index is 12.9. The zero-order chi connectivity index (χ0) is 30.1. The molecule has 3 heterocycles. The number of ether oxygens (including phenoxy) is 1. The minimum atomic E-state index is -4.74. The van der Waals surface area contributed by atoms with Gasteiger partial charge in [0.15, 0.2) is 5.82 Å². The highest BCUT2D eigenvalue weighted by atomic mass is 32.2. The van der Waals surface area contributed by atoms with E-state index in [9.17, 15) is 13.2 Å². The van der Waals surface area contributed by atoms with E-state index in [1.165, 1.54) is 24.1 Å². The van der Waals surface area contributed by atoms with Gasteiger partial charge in [0.25, 0.3) is 0 Å². The molecule has 0 radical (unpaired) electrons. The number of alkyl halides is 3. The van der Waals surface area contributed by atoms with E-state index in [4.69, 9.17) is 4.52 Å². The van der Waals surface area contributed by atoms with Crippen molar-refractivity contribution in [2.24, 2.45) is 0 Å². The van der Waals surface area contributed by atoms with Crippen LogP contribution in [0.3, 0.4) is 0 Å². The van der Waals surface area contributed by atoms with Crippen molar-refractivity contribution in [2.75, 3.05) is 14.9 Å². The van der Waals surface area contributed by atoms with Crippen molar-refractivity contribution < 1.29 is 22.4 Å². The minimum absolute atomic E-state index is 0.0561. The average Bonchev–Trinajstić information content (AvgIpc) is 3.63. The molecular weight excluding hydrogens is 575 g/mol. The number of fused-ring (bicyclic) bond motifs is 2. The third kappa shape index (κ3) is 5.99. The first kappa shape index (κ1) is 28.9. The van der Waals surface area contributed by atoms with Gasteiger partial charge in [-0.25, -0.2) is 0 Å². The standard InChI is InChI=1S/C32H32F3N5O2S/c1-4-5-14-30-36-25-17-23(41-32(33,34)35)15-16-27(25)40(30)19-22-18-39(26-11-7-6-10-24(22)26)28-12-8-9-13-29(28)43-38-31-20(2)21(3)42-37-31/h6-13,15-18,30,36H,4-5,14,19H2,1-3H3,(H,37,38). The third-order valence-corrected chi connectivity index (χ3v) is 8.58. The zero-order valence-corrected chi connectivity index (χ0v) is 24.9. The largest absolute Gasteiger partial charge is 0.573 e. The summed E-state index contributed by atoms with van der Waals surface area (Å²) in [5.74, 6) is 1.24. The molecule has 0 amide bonds. The van der Waals surface area contributed by atoms with Crippen molar-refractivity contribution >= 4 is 40.0 Å². The molecule has 1 atom stereocenters. The predicted octanol–water partition coefficient (Wildman–Crippen LogP) is 9.20. The molecule has 0 fully saturated rings. The Morgan fingerprint density at radius 2 is 1.84 bits per heavy atom. The molecule has 1 unspecified atom stereocenters. The molecule has 1 aliphatic rings. The quantitative estimate of drug-likeness (QED) is 0.153. The molecule has 0 saturated heterocycles. The minimum Gasteiger partial charge on any atom is -0.406 e. The molecule has 0 bridgehead atoms. The van der Waals surface area contributed by atoms with Gasteiger partial charge in [-0.1, -0.05) is 48.8 Å². The molecule has 2 N–H and O–H groups in total. The summed E-state index contributed by atoms with van der Waals surface area (Å²) in [5.41, 5.74) is 5.64. The summed E-state index contributed by atoms with van der Waals surface area (Å²) >= 11 is 1.47. The number of nitrogens with one attached hydrogen (secondary N) is 2. The molecule has 0 spiro atoms. The lowest BCUT2D eigenvalue weighted by Gasteiger charge is -2.27. The second-order valence-corrected chi connectivity index (χ2v) is 11.4. The van der Waals surface area contributed by atoms with Gasteiger partial charge in [0.2, 0.25) is 0 Å². The lowest BCUT2D eigenvalue weighted by molar-refractivity contribution is -0.274. The summed E-state index contributed by atoms with van der Waals surface area (Å²) in [7, 11) is 0. The highest BCUT2D eigenvalue weighted by molar-refractivity contribution is 8.00. The maximum absolute atomic E-state index is 12.9. The second-order valence-electron chi connectivity index (χ2n) is 10.6.